The number of carbonyl (C=O) groups is 1. The molecule has 3 saturated heterocycles. The lowest BCUT2D eigenvalue weighted by atomic mass is 9.44. The molecule has 3 heterocycles. The van der Waals surface area contributed by atoms with E-state index in [0.717, 1.165) is 38.5 Å². The van der Waals surface area contributed by atoms with E-state index in [9.17, 15) is 61.0 Å². The van der Waals surface area contributed by atoms with Crippen LogP contribution in [0.5, 0.6) is 0 Å². The number of aliphatic hydroxyl groups excluding tert-OH is 11. The van der Waals surface area contributed by atoms with Crippen LogP contribution >= 0.6 is 0 Å². The van der Waals surface area contributed by atoms with E-state index in [1.54, 1.807) is 0 Å². The first-order chi connectivity index (χ1) is 29.7. The third-order valence-corrected chi connectivity index (χ3v) is 17.3. The SMILES string of the molecule is CC(CCC(=O)C(C)C1C(O)CC2C3CCC4CC(OC5OC(COC6OC(C)C(O)C(O)C6O)C(O)C(O)C5O)CCC4(C)C3CCC21C)COC1OC(CO)C(O)C(O)C1O. The van der Waals surface area contributed by atoms with Gasteiger partial charge in [-0.3, -0.25) is 4.79 Å². The van der Waals surface area contributed by atoms with Crippen LogP contribution in [0, 0.1) is 52.3 Å². The minimum atomic E-state index is -1.60. The number of ketones is 1. The summed E-state index contributed by atoms with van der Waals surface area (Å²) in [5.74, 6) is 0.945. The van der Waals surface area contributed by atoms with E-state index in [1.165, 1.54) is 6.92 Å². The highest BCUT2D eigenvalue weighted by Crippen LogP contribution is 2.68. The van der Waals surface area contributed by atoms with E-state index < -0.39 is 105 Å². The zero-order valence-electron chi connectivity index (χ0n) is 37.3. The third kappa shape index (κ3) is 9.56. The second-order valence-corrected chi connectivity index (χ2v) is 21.0. The van der Waals surface area contributed by atoms with Crippen molar-refractivity contribution in [3.63, 3.8) is 0 Å². The lowest BCUT2D eigenvalue weighted by Crippen LogP contribution is -2.61. The van der Waals surface area contributed by atoms with Crippen molar-refractivity contribution < 1.29 is 89.4 Å². The van der Waals surface area contributed by atoms with Gasteiger partial charge in [-0.05, 0) is 111 Å². The van der Waals surface area contributed by atoms with E-state index in [4.69, 9.17) is 28.4 Å². The van der Waals surface area contributed by atoms with Crippen LogP contribution in [0.1, 0.15) is 98.8 Å². The summed E-state index contributed by atoms with van der Waals surface area (Å²) in [6.07, 6.45) is -13.6. The highest BCUT2D eigenvalue weighted by atomic mass is 16.7. The normalized spacial score (nSPS) is 52.3. The number of aliphatic hydroxyl groups is 11. The first-order valence-electron chi connectivity index (χ1n) is 23.5. The maximum absolute atomic E-state index is 13.8. The van der Waals surface area contributed by atoms with Crippen LogP contribution in [0.3, 0.4) is 0 Å². The molecule has 0 aromatic carbocycles. The van der Waals surface area contributed by atoms with Crippen molar-refractivity contribution in [3.8, 4) is 0 Å². The molecule has 0 aromatic heterocycles. The molecular formula is C45H76O18. The van der Waals surface area contributed by atoms with Crippen LogP contribution in [0.25, 0.3) is 0 Å². The minimum Gasteiger partial charge on any atom is -0.394 e. The maximum Gasteiger partial charge on any atom is 0.186 e. The van der Waals surface area contributed by atoms with Gasteiger partial charge in [0.2, 0.25) is 0 Å². The Kier molecular flexibility index (Phi) is 15.8. The first-order valence-corrected chi connectivity index (χ1v) is 23.5. The topological polar surface area (TPSA) is 295 Å². The van der Waals surface area contributed by atoms with Crippen molar-refractivity contribution >= 4 is 5.78 Å². The summed E-state index contributed by atoms with van der Waals surface area (Å²) < 4.78 is 34.7. The van der Waals surface area contributed by atoms with E-state index in [2.05, 4.69) is 13.8 Å². The quantitative estimate of drug-likeness (QED) is 0.0941. The number of Topliss-reactive ketones (excluding diaryl/α,β-unsaturated/α-hetero) is 1. The molecule has 4 saturated carbocycles. The second kappa shape index (κ2) is 19.9. The van der Waals surface area contributed by atoms with Crippen molar-refractivity contribution in [2.75, 3.05) is 19.8 Å². The Morgan fingerprint density at radius 2 is 1.27 bits per heavy atom. The van der Waals surface area contributed by atoms with E-state index in [0.29, 0.717) is 43.4 Å². The Morgan fingerprint density at radius 1 is 0.667 bits per heavy atom. The largest absolute Gasteiger partial charge is 0.394 e. The molecule has 3 aliphatic heterocycles. The van der Waals surface area contributed by atoms with Crippen LogP contribution in [0.2, 0.25) is 0 Å². The summed E-state index contributed by atoms with van der Waals surface area (Å²) in [5, 5.41) is 115. The van der Waals surface area contributed by atoms with Crippen LogP contribution in [-0.2, 0) is 33.2 Å². The van der Waals surface area contributed by atoms with Gasteiger partial charge in [0.1, 0.15) is 72.9 Å². The van der Waals surface area contributed by atoms with Gasteiger partial charge in [0, 0.05) is 12.3 Å². The summed E-state index contributed by atoms with van der Waals surface area (Å²) in [6.45, 7) is 9.30. The zero-order valence-corrected chi connectivity index (χ0v) is 37.3. The van der Waals surface area contributed by atoms with Gasteiger partial charge in [0.05, 0.1) is 38.1 Å². The number of ether oxygens (including phenoxy) is 6. The summed E-state index contributed by atoms with van der Waals surface area (Å²) in [5.41, 5.74) is -0.172. The fourth-order valence-electron chi connectivity index (χ4n) is 13.4. The van der Waals surface area contributed by atoms with Crippen molar-refractivity contribution in [2.24, 2.45) is 52.3 Å². The molecule has 364 valence electrons. The smallest absolute Gasteiger partial charge is 0.186 e. The van der Waals surface area contributed by atoms with Crippen molar-refractivity contribution in [3.05, 3.63) is 0 Å². The molecule has 0 radical (unpaired) electrons. The molecule has 0 bridgehead atoms. The molecule has 4 aliphatic carbocycles. The van der Waals surface area contributed by atoms with Gasteiger partial charge in [0.15, 0.2) is 18.9 Å². The van der Waals surface area contributed by atoms with Gasteiger partial charge in [-0.1, -0.05) is 27.7 Å². The first kappa shape index (κ1) is 49.9. The van der Waals surface area contributed by atoms with Gasteiger partial charge in [0.25, 0.3) is 0 Å². The number of fused-ring (bicyclic) bond motifs is 5. The zero-order chi connectivity index (χ0) is 45.9. The molecule has 0 aromatic rings. The van der Waals surface area contributed by atoms with Crippen molar-refractivity contribution in [2.45, 2.75) is 203 Å². The number of hydrogen-bond donors (Lipinski definition) is 11. The maximum atomic E-state index is 13.8. The van der Waals surface area contributed by atoms with Gasteiger partial charge >= 0.3 is 0 Å². The highest BCUT2D eigenvalue weighted by molar-refractivity contribution is 5.81. The predicted octanol–water partition coefficient (Wildman–Crippen LogP) is -0.909. The van der Waals surface area contributed by atoms with Gasteiger partial charge < -0.3 is 84.6 Å². The average molecular weight is 905 g/mol. The third-order valence-electron chi connectivity index (χ3n) is 17.3. The van der Waals surface area contributed by atoms with Crippen LogP contribution in [-0.4, -0.2) is 186 Å². The molecule has 7 aliphatic rings. The minimum absolute atomic E-state index is 0.0244. The second-order valence-electron chi connectivity index (χ2n) is 21.0. The molecule has 26 unspecified atom stereocenters. The summed E-state index contributed by atoms with van der Waals surface area (Å²) in [7, 11) is 0. The monoisotopic (exact) mass is 905 g/mol. The van der Waals surface area contributed by atoms with Crippen LogP contribution < -0.4 is 0 Å². The molecule has 26 atom stereocenters. The van der Waals surface area contributed by atoms with Gasteiger partial charge in [-0.2, -0.15) is 0 Å². The Balaban J connectivity index is 0.907. The molecule has 18 nitrogen and oxygen atoms in total. The Labute approximate surface area is 369 Å². The van der Waals surface area contributed by atoms with Crippen molar-refractivity contribution in [1.82, 2.24) is 0 Å². The molecule has 63 heavy (non-hydrogen) atoms. The molecule has 0 amide bonds. The fraction of sp³-hybridized carbons (Fsp3) is 0.978. The molecular weight excluding hydrogens is 828 g/mol. The van der Waals surface area contributed by atoms with Gasteiger partial charge in [-0.25, -0.2) is 0 Å². The molecule has 11 N–H and O–H groups in total. The standard InChI is InChI=1S/C45H76O18/c1-19(17-58-42-39(56)36(53)33(50)29(16-46)62-42)6-9-27(47)20(2)31-28(48)15-26-24-8-7-22-14-23(10-12-44(22,4)25(24)11-13-45(26,31)5)61-43-40(57)37(54)34(51)30(63-43)18-59-41-38(55)35(52)32(49)21(3)60-41/h19-26,28-43,46,48-57H,6-18H2,1-5H3. The fourth-order valence-corrected chi connectivity index (χ4v) is 13.4. The van der Waals surface area contributed by atoms with Crippen LogP contribution in [0.4, 0.5) is 0 Å². The summed E-state index contributed by atoms with van der Waals surface area (Å²) in [6, 6.07) is 0. The average Bonchev–Trinajstić information content (AvgIpc) is 3.54. The summed E-state index contributed by atoms with van der Waals surface area (Å²) >= 11 is 0. The highest BCUT2D eigenvalue weighted by Gasteiger charge is 2.63. The van der Waals surface area contributed by atoms with Crippen LogP contribution in [0.15, 0.2) is 0 Å². The Bertz CT molecular complexity index is 1520. The van der Waals surface area contributed by atoms with Gasteiger partial charge in [-0.15, -0.1) is 0 Å². The summed E-state index contributed by atoms with van der Waals surface area (Å²) in [4.78, 5) is 13.8. The van der Waals surface area contributed by atoms with E-state index in [-0.39, 0.29) is 59.6 Å². The predicted molar refractivity (Wildman–Crippen MR) is 219 cm³/mol. The lowest BCUT2D eigenvalue weighted by molar-refractivity contribution is -0.336. The Morgan fingerprint density at radius 3 is 1.95 bits per heavy atom. The number of rotatable bonds is 14. The van der Waals surface area contributed by atoms with E-state index >= 15 is 0 Å². The lowest BCUT2D eigenvalue weighted by Gasteiger charge is -2.61. The molecule has 7 fully saturated rings. The number of carbonyl (C=O) groups excluding carboxylic acids is 1. The Hall–Kier alpha value is -1.01. The molecule has 0 spiro atoms. The van der Waals surface area contributed by atoms with E-state index in [1.807, 2.05) is 13.8 Å². The number of hydrogen-bond acceptors (Lipinski definition) is 18. The molecule has 18 heteroatoms. The molecule has 7 rings (SSSR count). The van der Waals surface area contributed by atoms with Crippen molar-refractivity contribution in [1.29, 1.82) is 0 Å².